The Morgan fingerprint density at radius 1 is 1.25 bits per heavy atom. The molecular weight excluding hydrogens is 288 g/mol. The van der Waals surface area contributed by atoms with E-state index in [0.717, 1.165) is 12.8 Å². The molecule has 0 saturated carbocycles. The Morgan fingerprint density at radius 3 is 2.40 bits per heavy atom. The molecule has 1 aliphatic rings. The molecule has 0 aromatic heterocycles. The molecule has 0 amide bonds. The van der Waals surface area contributed by atoms with Crippen LogP contribution in [0, 0.1) is 5.92 Å². The number of sulfone groups is 1. The molecule has 7 heteroatoms. The van der Waals surface area contributed by atoms with Gasteiger partial charge >= 0.3 is 5.76 Å². The third-order valence-electron chi connectivity index (χ3n) is 3.62. The van der Waals surface area contributed by atoms with Gasteiger partial charge in [-0.1, -0.05) is 12.1 Å². The zero-order chi connectivity index (χ0) is 14.8. The summed E-state index contributed by atoms with van der Waals surface area (Å²) in [5.74, 6) is -3.22. The molecule has 1 aromatic rings. The molecule has 1 N–H and O–H groups in total. The summed E-state index contributed by atoms with van der Waals surface area (Å²) in [6.07, 6.45) is 1.44. The number of benzene rings is 1. The molecule has 1 aliphatic heterocycles. The molecule has 2 rings (SSSR count). The highest BCUT2D eigenvalue weighted by atomic mass is 32.2. The van der Waals surface area contributed by atoms with Crippen molar-refractivity contribution in [3.05, 3.63) is 24.3 Å². The quantitative estimate of drug-likeness (QED) is 0.923. The van der Waals surface area contributed by atoms with E-state index in [1.54, 1.807) is 17.0 Å². The predicted octanol–water partition coefficient (Wildman–Crippen LogP) is 1.89. The lowest BCUT2D eigenvalue weighted by molar-refractivity contribution is 0.203. The number of nitrogens with zero attached hydrogens (tertiary/aromatic N) is 1. The second-order valence-electron chi connectivity index (χ2n) is 4.89. The number of para-hydroxylation sites is 1. The topological polar surface area (TPSA) is 57.6 Å². The summed E-state index contributed by atoms with van der Waals surface area (Å²) >= 11 is 0. The van der Waals surface area contributed by atoms with Crippen LogP contribution in [-0.4, -0.2) is 39.0 Å². The van der Waals surface area contributed by atoms with E-state index in [1.807, 2.05) is 0 Å². The standard InChI is InChI=1S/C13H17F2NO3S/c14-13(15)20(18,19)12-4-2-1-3-11(12)16-7-5-10(9-17)6-8-16/h1-4,10,13,17H,5-9H2. The summed E-state index contributed by atoms with van der Waals surface area (Å²) in [4.78, 5) is 1.47. The smallest absolute Gasteiger partial charge is 0.341 e. The van der Waals surface area contributed by atoms with Crippen molar-refractivity contribution in [1.82, 2.24) is 0 Å². The molecular formula is C13H17F2NO3S. The molecule has 4 nitrogen and oxygen atoms in total. The Morgan fingerprint density at radius 2 is 1.85 bits per heavy atom. The Bertz CT molecular complexity index is 554. The van der Waals surface area contributed by atoms with Gasteiger partial charge in [-0.25, -0.2) is 8.42 Å². The van der Waals surface area contributed by atoms with Crippen LogP contribution in [-0.2, 0) is 9.84 Å². The van der Waals surface area contributed by atoms with E-state index in [9.17, 15) is 17.2 Å². The third-order valence-corrected chi connectivity index (χ3v) is 5.05. The minimum atomic E-state index is -4.60. The molecule has 1 aromatic carbocycles. The number of halogens is 2. The van der Waals surface area contributed by atoms with E-state index in [-0.39, 0.29) is 17.4 Å². The maximum absolute atomic E-state index is 12.7. The summed E-state index contributed by atoms with van der Waals surface area (Å²) in [6.45, 7) is 1.22. The number of aliphatic hydroxyl groups is 1. The average molecular weight is 305 g/mol. The monoisotopic (exact) mass is 305 g/mol. The summed E-state index contributed by atoms with van der Waals surface area (Å²) in [5.41, 5.74) is 0.323. The lowest BCUT2D eigenvalue weighted by atomic mass is 9.97. The van der Waals surface area contributed by atoms with Gasteiger partial charge in [-0.15, -0.1) is 0 Å². The van der Waals surface area contributed by atoms with E-state index in [1.165, 1.54) is 12.1 Å². The fraction of sp³-hybridized carbons (Fsp3) is 0.538. The molecule has 1 heterocycles. The first-order valence-corrected chi connectivity index (χ1v) is 7.98. The van der Waals surface area contributed by atoms with Gasteiger partial charge in [-0.3, -0.25) is 0 Å². The molecule has 112 valence electrons. The Balaban J connectivity index is 2.30. The summed E-state index contributed by atoms with van der Waals surface area (Å²) in [6, 6.07) is 5.85. The van der Waals surface area contributed by atoms with Crippen molar-refractivity contribution < 1.29 is 22.3 Å². The average Bonchev–Trinajstić information content (AvgIpc) is 2.47. The van der Waals surface area contributed by atoms with Crippen molar-refractivity contribution in [2.24, 2.45) is 5.92 Å². The first-order chi connectivity index (χ1) is 9.46. The minimum Gasteiger partial charge on any atom is -0.396 e. The molecule has 0 atom stereocenters. The Hall–Kier alpha value is -1.21. The number of piperidine rings is 1. The first kappa shape index (κ1) is 15.2. The van der Waals surface area contributed by atoms with Crippen molar-refractivity contribution in [3.8, 4) is 0 Å². The van der Waals surface area contributed by atoms with Crippen LogP contribution >= 0.6 is 0 Å². The highest BCUT2D eigenvalue weighted by Crippen LogP contribution is 2.31. The fourth-order valence-electron chi connectivity index (χ4n) is 2.41. The molecule has 20 heavy (non-hydrogen) atoms. The van der Waals surface area contributed by atoms with Crippen LogP contribution in [0.25, 0.3) is 0 Å². The van der Waals surface area contributed by atoms with E-state index in [0.29, 0.717) is 18.8 Å². The van der Waals surface area contributed by atoms with E-state index < -0.39 is 15.6 Å². The summed E-state index contributed by atoms with van der Waals surface area (Å²) in [7, 11) is -4.60. The number of hydrogen-bond acceptors (Lipinski definition) is 4. The van der Waals surface area contributed by atoms with Crippen LogP contribution in [0.3, 0.4) is 0 Å². The highest BCUT2D eigenvalue weighted by molar-refractivity contribution is 7.91. The molecule has 0 radical (unpaired) electrons. The van der Waals surface area contributed by atoms with Crippen LogP contribution in [0.5, 0.6) is 0 Å². The number of rotatable bonds is 4. The number of alkyl halides is 2. The summed E-state index contributed by atoms with van der Waals surface area (Å²) in [5, 5.41) is 9.09. The number of hydrogen-bond donors (Lipinski definition) is 1. The van der Waals surface area contributed by atoms with Gasteiger partial charge in [0.15, 0.2) is 0 Å². The van der Waals surface area contributed by atoms with Crippen LogP contribution in [0.4, 0.5) is 14.5 Å². The van der Waals surface area contributed by atoms with Gasteiger partial charge in [0.25, 0.3) is 0 Å². The van der Waals surface area contributed by atoms with Gasteiger partial charge in [0.2, 0.25) is 9.84 Å². The zero-order valence-electron chi connectivity index (χ0n) is 10.9. The zero-order valence-corrected chi connectivity index (χ0v) is 11.7. The second kappa shape index (κ2) is 6.05. The van der Waals surface area contributed by atoms with Crippen molar-refractivity contribution in [1.29, 1.82) is 0 Å². The van der Waals surface area contributed by atoms with Crippen LogP contribution in [0.2, 0.25) is 0 Å². The van der Waals surface area contributed by atoms with Crippen LogP contribution in [0.1, 0.15) is 12.8 Å². The van der Waals surface area contributed by atoms with Crippen LogP contribution in [0.15, 0.2) is 29.2 Å². The lowest BCUT2D eigenvalue weighted by Gasteiger charge is -2.33. The molecule has 1 fully saturated rings. The second-order valence-corrected chi connectivity index (χ2v) is 6.77. The van der Waals surface area contributed by atoms with Gasteiger partial charge in [0.1, 0.15) is 0 Å². The first-order valence-electron chi connectivity index (χ1n) is 6.43. The fourth-order valence-corrected chi connectivity index (χ4v) is 3.36. The normalized spacial score (nSPS) is 17.7. The van der Waals surface area contributed by atoms with Gasteiger partial charge in [0, 0.05) is 19.7 Å². The SMILES string of the molecule is O=S(=O)(c1ccccc1N1CCC(CO)CC1)C(F)F. The molecule has 0 aliphatic carbocycles. The minimum absolute atomic E-state index is 0.102. The molecule has 0 bridgehead atoms. The maximum Gasteiger partial charge on any atom is 0.341 e. The molecule has 0 spiro atoms. The lowest BCUT2D eigenvalue weighted by Crippen LogP contribution is -2.35. The largest absolute Gasteiger partial charge is 0.396 e. The molecule has 0 unspecified atom stereocenters. The number of anilines is 1. The maximum atomic E-state index is 12.7. The van der Waals surface area contributed by atoms with E-state index in [2.05, 4.69) is 0 Å². The van der Waals surface area contributed by atoms with Crippen molar-refractivity contribution in [2.75, 3.05) is 24.6 Å². The highest BCUT2D eigenvalue weighted by Gasteiger charge is 2.31. The predicted molar refractivity (Wildman–Crippen MR) is 71.7 cm³/mol. The van der Waals surface area contributed by atoms with Crippen LogP contribution < -0.4 is 4.90 Å². The Labute approximate surface area is 116 Å². The van der Waals surface area contributed by atoms with Gasteiger partial charge in [0.05, 0.1) is 10.6 Å². The van der Waals surface area contributed by atoms with Crippen molar-refractivity contribution in [3.63, 3.8) is 0 Å². The van der Waals surface area contributed by atoms with Gasteiger partial charge in [-0.05, 0) is 30.9 Å². The third kappa shape index (κ3) is 2.93. The van der Waals surface area contributed by atoms with E-state index in [4.69, 9.17) is 5.11 Å². The molecule has 1 saturated heterocycles. The van der Waals surface area contributed by atoms with Crippen molar-refractivity contribution in [2.45, 2.75) is 23.5 Å². The van der Waals surface area contributed by atoms with E-state index >= 15 is 0 Å². The van der Waals surface area contributed by atoms with Crippen molar-refractivity contribution >= 4 is 15.5 Å². The van der Waals surface area contributed by atoms with Gasteiger partial charge < -0.3 is 10.0 Å². The number of aliphatic hydroxyl groups excluding tert-OH is 1. The van der Waals surface area contributed by atoms with Gasteiger partial charge in [-0.2, -0.15) is 8.78 Å². The summed E-state index contributed by atoms with van der Waals surface area (Å²) < 4.78 is 48.8. The Kier molecular flexibility index (Phi) is 4.59.